The zero-order chi connectivity index (χ0) is 21.1. The molecule has 0 saturated carbocycles. The zero-order valence-corrected chi connectivity index (χ0v) is 17.6. The van der Waals surface area contributed by atoms with Crippen molar-refractivity contribution in [1.29, 1.82) is 0 Å². The Kier molecular flexibility index (Phi) is 5.69. The van der Waals surface area contributed by atoms with Gasteiger partial charge in [-0.2, -0.15) is 9.40 Å². The number of carbonyl (C=O) groups is 1. The van der Waals surface area contributed by atoms with Crippen LogP contribution in [0, 0.1) is 6.92 Å². The third kappa shape index (κ3) is 4.01. The van der Waals surface area contributed by atoms with E-state index in [0.717, 1.165) is 24.9 Å². The van der Waals surface area contributed by atoms with Gasteiger partial charge in [0.05, 0.1) is 16.3 Å². The molecule has 7 nitrogen and oxygen atoms in total. The third-order valence-corrected chi connectivity index (χ3v) is 7.20. The van der Waals surface area contributed by atoms with E-state index in [-0.39, 0.29) is 10.8 Å². The minimum absolute atomic E-state index is 0.153. The number of piperidine rings is 1. The Morgan fingerprint density at radius 2 is 1.80 bits per heavy atom. The summed E-state index contributed by atoms with van der Waals surface area (Å²) >= 11 is 0. The number of nitrogens with one attached hydrogen (secondary N) is 1. The van der Waals surface area contributed by atoms with Crippen LogP contribution < -0.4 is 5.32 Å². The largest absolute Gasteiger partial charge is 0.320 e. The normalized spacial score (nSPS) is 15.1. The number of benzene rings is 2. The quantitative estimate of drug-likeness (QED) is 0.678. The molecule has 2 heterocycles. The summed E-state index contributed by atoms with van der Waals surface area (Å²) < 4.78 is 29.2. The molecule has 1 fully saturated rings. The number of sulfonamides is 1. The maximum Gasteiger partial charge on any atom is 0.256 e. The summed E-state index contributed by atoms with van der Waals surface area (Å²) in [5, 5.41) is 7.13. The van der Waals surface area contributed by atoms with Gasteiger partial charge in [0.15, 0.2) is 0 Å². The number of carbonyl (C=O) groups excluding carboxylic acids is 1. The minimum atomic E-state index is -3.61. The number of aromatic nitrogens is 2. The van der Waals surface area contributed by atoms with Crippen LogP contribution in [0.4, 0.5) is 5.69 Å². The maximum atomic E-state index is 13.1. The summed E-state index contributed by atoms with van der Waals surface area (Å²) in [6, 6.07) is 13.9. The molecule has 0 spiro atoms. The first-order valence-corrected chi connectivity index (χ1v) is 11.4. The monoisotopic (exact) mass is 424 g/mol. The molecule has 0 bridgehead atoms. The lowest BCUT2D eigenvalue weighted by atomic mass is 10.1. The van der Waals surface area contributed by atoms with E-state index in [4.69, 9.17) is 0 Å². The summed E-state index contributed by atoms with van der Waals surface area (Å²) in [6.45, 7) is 2.84. The van der Waals surface area contributed by atoms with Gasteiger partial charge in [-0.05, 0) is 55.7 Å². The van der Waals surface area contributed by atoms with Crippen molar-refractivity contribution >= 4 is 21.6 Å². The number of hydrogen-bond donors (Lipinski definition) is 1. The van der Waals surface area contributed by atoms with E-state index in [2.05, 4.69) is 10.4 Å². The van der Waals surface area contributed by atoms with Crippen LogP contribution in [-0.2, 0) is 10.0 Å². The summed E-state index contributed by atoms with van der Waals surface area (Å²) in [5.74, 6) is -0.359. The Bertz CT molecular complexity index is 1150. The standard InChI is InChI=1S/C22H24N4O3S/c1-17-10-11-18(30(28,29)25-13-5-2-6-14-25)16-19(17)22(27)24-20-8-3-4-9-21(20)26-15-7-12-23-26/h3-4,7-12,15-16H,2,5-6,13-14H2,1H3,(H,24,27). The molecule has 3 aromatic rings. The molecule has 4 rings (SSSR count). The van der Waals surface area contributed by atoms with E-state index in [1.165, 1.54) is 10.4 Å². The van der Waals surface area contributed by atoms with Crippen molar-refractivity contribution in [2.75, 3.05) is 18.4 Å². The number of nitrogens with zero attached hydrogens (tertiary/aromatic N) is 3. The van der Waals surface area contributed by atoms with Gasteiger partial charge in [0.2, 0.25) is 10.0 Å². The fraction of sp³-hybridized carbons (Fsp3) is 0.273. The predicted molar refractivity (Wildman–Crippen MR) is 115 cm³/mol. The molecule has 0 radical (unpaired) electrons. The summed E-state index contributed by atoms with van der Waals surface area (Å²) in [6.07, 6.45) is 6.23. The molecule has 1 N–H and O–H groups in total. The third-order valence-electron chi connectivity index (χ3n) is 5.31. The van der Waals surface area contributed by atoms with Crippen LogP contribution in [0.3, 0.4) is 0 Å². The van der Waals surface area contributed by atoms with Crippen LogP contribution in [0.5, 0.6) is 0 Å². The van der Waals surface area contributed by atoms with Crippen molar-refractivity contribution < 1.29 is 13.2 Å². The lowest BCUT2D eigenvalue weighted by molar-refractivity contribution is 0.102. The van der Waals surface area contributed by atoms with Crippen molar-refractivity contribution in [2.45, 2.75) is 31.1 Å². The Balaban J connectivity index is 1.64. The van der Waals surface area contributed by atoms with Gasteiger partial charge in [-0.15, -0.1) is 0 Å². The Labute approximate surface area is 176 Å². The topological polar surface area (TPSA) is 84.3 Å². The zero-order valence-electron chi connectivity index (χ0n) is 16.8. The van der Waals surface area contributed by atoms with Crippen molar-refractivity contribution in [2.24, 2.45) is 0 Å². The molecule has 30 heavy (non-hydrogen) atoms. The fourth-order valence-electron chi connectivity index (χ4n) is 3.64. The van der Waals surface area contributed by atoms with Gasteiger partial charge in [0.1, 0.15) is 0 Å². The van der Waals surface area contributed by atoms with Gasteiger partial charge in [-0.3, -0.25) is 4.79 Å². The first kappa shape index (κ1) is 20.3. The molecule has 2 aromatic carbocycles. The summed E-state index contributed by atoms with van der Waals surface area (Å²) in [5.41, 5.74) is 2.37. The van der Waals surface area contributed by atoms with Gasteiger partial charge >= 0.3 is 0 Å². The Morgan fingerprint density at radius 1 is 1.03 bits per heavy atom. The molecule has 1 aliphatic heterocycles. The second-order valence-electron chi connectivity index (χ2n) is 7.36. The number of anilines is 1. The van der Waals surface area contributed by atoms with Crippen LogP contribution >= 0.6 is 0 Å². The lowest BCUT2D eigenvalue weighted by Gasteiger charge is -2.26. The second kappa shape index (κ2) is 8.41. The first-order chi connectivity index (χ1) is 14.5. The highest BCUT2D eigenvalue weighted by atomic mass is 32.2. The number of aryl methyl sites for hydroxylation is 1. The molecule has 8 heteroatoms. The van der Waals surface area contributed by atoms with Crippen molar-refractivity contribution in [1.82, 2.24) is 14.1 Å². The van der Waals surface area contributed by atoms with Gasteiger partial charge in [-0.1, -0.05) is 24.6 Å². The van der Waals surface area contributed by atoms with Crippen molar-refractivity contribution in [3.63, 3.8) is 0 Å². The van der Waals surface area contributed by atoms with E-state index >= 15 is 0 Å². The van der Waals surface area contributed by atoms with E-state index in [9.17, 15) is 13.2 Å². The van der Waals surface area contributed by atoms with E-state index in [0.29, 0.717) is 29.9 Å². The van der Waals surface area contributed by atoms with E-state index in [1.807, 2.05) is 18.2 Å². The maximum absolute atomic E-state index is 13.1. The molecule has 1 amide bonds. The van der Waals surface area contributed by atoms with Crippen LogP contribution in [0.2, 0.25) is 0 Å². The minimum Gasteiger partial charge on any atom is -0.320 e. The lowest BCUT2D eigenvalue weighted by Crippen LogP contribution is -2.35. The van der Waals surface area contributed by atoms with Gasteiger partial charge < -0.3 is 5.32 Å². The molecule has 156 valence electrons. The number of para-hydroxylation sites is 2. The van der Waals surface area contributed by atoms with Gasteiger partial charge in [0, 0.05) is 31.0 Å². The molecule has 0 atom stereocenters. The number of rotatable bonds is 5. The number of amides is 1. The van der Waals surface area contributed by atoms with Crippen molar-refractivity contribution in [3.8, 4) is 5.69 Å². The molecule has 1 saturated heterocycles. The smallest absolute Gasteiger partial charge is 0.256 e. The average Bonchev–Trinajstić information content (AvgIpc) is 3.29. The second-order valence-corrected chi connectivity index (χ2v) is 9.30. The van der Waals surface area contributed by atoms with Crippen molar-refractivity contribution in [3.05, 3.63) is 72.1 Å². The first-order valence-electron chi connectivity index (χ1n) is 9.98. The molecule has 0 aliphatic carbocycles. The molecule has 1 aliphatic rings. The Morgan fingerprint density at radius 3 is 2.53 bits per heavy atom. The Hall–Kier alpha value is -2.97. The molecular weight excluding hydrogens is 400 g/mol. The highest BCUT2D eigenvalue weighted by Crippen LogP contribution is 2.25. The molecular formula is C22H24N4O3S. The SMILES string of the molecule is Cc1ccc(S(=O)(=O)N2CCCCC2)cc1C(=O)Nc1ccccc1-n1cccn1. The molecule has 0 unspecified atom stereocenters. The van der Waals surface area contributed by atoms with Crippen LogP contribution in [0.25, 0.3) is 5.69 Å². The summed E-state index contributed by atoms with van der Waals surface area (Å²) in [4.78, 5) is 13.2. The predicted octanol–water partition coefficient (Wildman–Crippen LogP) is 3.61. The highest BCUT2D eigenvalue weighted by molar-refractivity contribution is 7.89. The summed E-state index contributed by atoms with van der Waals surface area (Å²) in [7, 11) is -3.61. The number of hydrogen-bond acceptors (Lipinski definition) is 4. The van der Waals surface area contributed by atoms with E-state index in [1.54, 1.807) is 48.3 Å². The fourth-order valence-corrected chi connectivity index (χ4v) is 5.18. The van der Waals surface area contributed by atoms with Crippen LogP contribution in [0.1, 0.15) is 35.2 Å². The van der Waals surface area contributed by atoms with E-state index < -0.39 is 10.0 Å². The van der Waals surface area contributed by atoms with Gasteiger partial charge in [0.25, 0.3) is 5.91 Å². The van der Waals surface area contributed by atoms with Crippen LogP contribution in [-0.4, -0.2) is 41.5 Å². The average molecular weight is 425 g/mol. The van der Waals surface area contributed by atoms with Crippen LogP contribution in [0.15, 0.2) is 65.8 Å². The molecule has 1 aromatic heterocycles. The highest BCUT2D eigenvalue weighted by Gasteiger charge is 2.27. The van der Waals surface area contributed by atoms with Gasteiger partial charge in [-0.25, -0.2) is 13.1 Å².